The van der Waals surface area contributed by atoms with Gasteiger partial charge in [0.1, 0.15) is 23.7 Å². The van der Waals surface area contributed by atoms with E-state index in [0.717, 1.165) is 31.6 Å². The zero-order valence-electron chi connectivity index (χ0n) is 12.5. The highest BCUT2D eigenvalue weighted by Gasteiger charge is 2.23. The van der Waals surface area contributed by atoms with E-state index in [1.54, 1.807) is 6.07 Å². The third kappa shape index (κ3) is 3.57. The van der Waals surface area contributed by atoms with Crippen molar-refractivity contribution in [3.05, 3.63) is 58.9 Å². The van der Waals surface area contributed by atoms with Crippen LogP contribution in [0.3, 0.4) is 0 Å². The molecule has 0 saturated carbocycles. The van der Waals surface area contributed by atoms with Gasteiger partial charge in [0.15, 0.2) is 0 Å². The molecule has 0 N–H and O–H groups in total. The SMILES string of the molecule is N#Cc1cc(F)ccc1N1CCC(Oc2ccccc2Cl)CC1. The number of hydrogen-bond donors (Lipinski definition) is 0. The van der Waals surface area contributed by atoms with Crippen LogP contribution in [0.4, 0.5) is 10.1 Å². The molecular weight excluding hydrogens is 315 g/mol. The van der Waals surface area contributed by atoms with E-state index in [9.17, 15) is 4.39 Å². The van der Waals surface area contributed by atoms with Crippen LogP contribution in [0.2, 0.25) is 5.02 Å². The van der Waals surface area contributed by atoms with Gasteiger partial charge in [-0.05, 0) is 30.3 Å². The molecule has 118 valence electrons. The maximum Gasteiger partial charge on any atom is 0.138 e. The number of halogens is 2. The van der Waals surface area contributed by atoms with Gasteiger partial charge in [-0.25, -0.2) is 4.39 Å². The molecule has 0 unspecified atom stereocenters. The molecule has 1 fully saturated rings. The van der Waals surface area contributed by atoms with Crippen molar-refractivity contribution in [2.45, 2.75) is 18.9 Å². The molecular formula is C18H16ClFN2O. The van der Waals surface area contributed by atoms with Crippen molar-refractivity contribution >= 4 is 17.3 Å². The van der Waals surface area contributed by atoms with Crippen molar-refractivity contribution in [1.82, 2.24) is 0 Å². The molecule has 0 aliphatic carbocycles. The van der Waals surface area contributed by atoms with E-state index < -0.39 is 0 Å². The minimum atomic E-state index is -0.387. The van der Waals surface area contributed by atoms with E-state index in [1.165, 1.54) is 12.1 Å². The molecule has 0 radical (unpaired) electrons. The lowest BCUT2D eigenvalue weighted by Gasteiger charge is -2.34. The number of piperidine rings is 1. The number of rotatable bonds is 3. The standard InChI is InChI=1S/C18H16ClFN2O/c19-16-3-1-2-4-18(16)23-15-7-9-22(10-8-15)17-6-5-14(20)11-13(17)12-21/h1-6,11,15H,7-10H2. The van der Waals surface area contributed by atoms with Crippen molar-refractivity contribution in [3.63, 3.8) is 0 Å². The predicted octanol–water partition coefficient (Wildman–Crippen LogP) is 4.40. The van der Waals surface area contributed by atoms with Crippen LogP contribution >= 0.6 is 11.6 Å². The van der Waals surface area contributed by atoms with Crippen LogP contribution in [0.5, 0.6) is 5.75 Å². The summed E-state index contributed by atoms with van der Waals surface area (Å²) in [7, 11) is 0. The second-order valence-electron chi connectivity index (χ2n) is 5.51. The topological polar surface area (TPSA) is 36.3 Å². The van der Waals surface area contributed by atoms with Gasteiger partial charge in [-0.15, -0.1) is 0 Å². The minimum absolute atomic E-state index is 0.0946. The minimum Gasteiger partial charge on any atom is -0.489 e. The molecule has 5 heteroatoms. The fraction of sp³-hybridized carbons (Fsp3) is 0.278. The summed E-state index contributed by atoms with van der Waals surface area (Å²) in [6.45, 7) is 1.52. The highest BCUT2D eigenvalue weighted by Crippen LogP contribution is 2.29. The number of anilines is 1. The number of benzene rings is 2. The van der Waals surface area contributed by atoms with E-state index in [4.69, 9.17) is 21.6 Å². The first-order valence-electron chi connectivity index (χ1n) is 7.53. The van der Waals surface area contributed by atoms with Gasteiger partial charge in [-0.3, -0.25) is 0 Å². The van der Waals surface area contributed by atoms with Crippen molar-refractivity contribution in [2.75, 3.05) is 18.0 Å². The average Bonchev–Trinajstić information content (AvgIpc) is 2.58. The van der Waals surface area contributed by atoms with E-state index in [0.29, 0.717) is 16.3 Å². The summed E-state index contributed by atoms with van der Waals surface area (Å²) in [5.74, 6) is 0.314. The molecule has 1 saturated heterocycles. The quantitative estimate of drug-likeness (QED) is 0.837. The number of para-hydroxylation sites is 1. The van der Waals surface area contributed by atoms with Crippen molar-refractivity contribution in [3.8, 4) is 11.8 Å². The zero-order chi connectivity index (χ0) is 16.2. The summed E-state index contributed by atoms with van der Waals surface area (Å²) in [5, 5.41) is 9.78. The van der Waals surface area contributed by atoms with E-state index in [2.05, 4.69) is 11.0 Å². The van der Waals surface area contributed by atoms with Crippen LogP contribution in [-0.2, 0) is 0 Å². The average molecular weight is 331 g/mol. The Balaban J connectivity index is 1.65. The molecule has 0 amide bonds. The number of ether oxygens (including phenoxy) is 1. The molecule has 3 rings (SSSR count). The summed E-state index contributed by atoms with van der Waals surface area (Å²) in [5.41, 5.74) is 1.15. The van der Waals surface area contributed by atoms with Gasteiger partial charge < -0.3 is 9.64 Å². The maximum atomic E-state index is 13.2. The molecule has 2 aromatic carbocycles. The van der Waals surface area contributed by atoms with Gasteiger partial charge in [0.2, 0.25) is 0 Å². The van der Waals surface area contributed by atoms with Crippen molar-refractivity contribution < 1.29 is 9.13 Å². The third-order valence-corrected chi connectivity index (χ3v) is 4.30. The summed E-state index contributed by atoms with van der Waals surface area (Å²) < 4.78 is 19.2. The molecule has 3 nitrogen and oxygen atoms in total. The van der Waals surface area contributed by atoms with E-state index in [-0.39, 0.29) is 11.9 Å². The second-order valence-corrected chi connectivity index (χ2v) is 5.92. The van der Waals surface area contributed by atoms with Crippen LogP contribution in [-0.4, -0.2) is 19.2 Å². The van der Waals surface area contributed by atoms with Crippen LogP contribution < -0.4 is 9.64 Å². The number of nitriles is 1. The summed E-state index contributed by atoms with van der Waals surface area (Å²) in [4.78, 5) is 2.10. The van der Waals surface area contributed by atoms with Gasteiger partial charge in [0.05, 0.1) is 16.3 Å². The lowest BCUT2D eigenvalue weighted by atomic mass is 10.0. The first-order chi connectivity index (χ1) is 11.2. The molecule has 1 aliphatic heterocycles. The molecule has 0 atom stereocenters. The summed E-state index contributed by atoms with van der Waals surface area (Å²) >= 11 is 6.12. The molecule has 0 bridgehead atoms. The Morgan fingerprint density at radius 3 is 2.61 bits per heavy atom. The zero-order valence-corrected chi connectivity index (χ0v) is 13.3. The molecule has 1 aliphatic rings. The fourth-order valence-corrected chi connectivity index (χ4v) is 2.99. The van der Waals surface area contributed by atoms with Gasteiger partial charge in [-0.2, -0.15) is 5.26 Å². The Morgan fingerprint density at radius 1 is 1.17 bits per heavy atom. The number of hydrogen-bond acceptors (Lipinski definition) is 3. The highest BCUT2D eigenvalue weighted by molar-refractivity contribution is 6.32. The van der Waals surface area contributed by atoms with Crippen LogP contribution in [0.15, 0.2) is 42.5 Å². The first kappa shape index (κ1) is 15.6. The first-order valence-corrected chi connectivity index (χ1v) is 7.91. The van der Waals surface area contributed by atoms with Crippen LogP contribution in [0, 0.1) is 17.1 Å². The Morgan fingerprint density at radius 2 is 1.91 bits per heavy atom. The fourth-order valence-electron chi connectivity index (χ4n) is 2.81. The van der Waals surface area contributed by atoms with Crippen LogP contribution in [0.1, 0.15) is 18.4 Å². The van der Waals surface area contributed by atoms with Gasteiger partial charge in [0, 0.05) is 25.9 Å². The Kier molecular flexibility index (Phi) is 4.68. The van der Waals surface area contributed by atoms with Crippen molar-refractivity contribution in [2.24, 2.45) is 0 Å². The smallest absolute Gasteiger partial charge is 0.138 e. The van der Waals surface area contributed by atoms with Gasteiger partial charge >= 0.3 is 0 Å². The Hall–Kier alpha value is -2.25. The Labute approximate surface area is 139 Å². The Bertz CT molecular complexity index is 736. The van der Waals surface area contributed by atoms with Gasteiger partial charge in [-0.1, -0.05) is 23.7 Å². The lowest BCUT2D eigenvalue weighted by Crippen LogP contribution is -2.38. The van der Waals surface area contributed by atoms with Crippen LogP contribution in [0.25, 0.3) is 0 Å². The monoisotopic (exact) mass is 330 g/mol. The maximum absolute atomic E-state index is 13.2. The van der Waals surface area contributed by atoms with E-state index in [1.807, 2.05) is 24.3 Å². The van der Waals surface area contributed by atoms with Crippen molar-refractivity contribution in [1.29, 1.82) is 5.26 Å². The molecule has 23 heavy (non-hydrogen) atoms. The summed E-state index contributed by atoms with van der Waals surface area (Å²) in [6, 6.07) is 13.8. The molecule has 0 spiro atoms. The third-order valence-electron chi connectivity index (χ3n) is 3.99. The molecule has 0 aromatic heterocycles. The molecule has 1 heterocycles. The number of nitrogens with zero attached hydrogens (tertiary/aromatic N) is 2. The largest absolute Gasteiger partial charge is 0.489 e. The highest BCUT2D eigenvalue weighted by atomic mass is 35.5. The van der Waals surface area contributed by atoms with Gasteiger partial charge in [0.25, 0.3) is 0 Å². The normalized spacial score (nSPS) is 15.3. The summed E-state index contributed by atoms with van der Waals surface area (Å²) in [6.07, 6.45) is 1.75. The second kappa shape index (κ2) is 6.89. The van der Waals surface area contributed by atoms with E-state index >= 15 is 0 Å². The predicted molar refractivity (Wildman–Crippen MR) is 88.4 cm³/mol. The lowest BCUT2D eigenvalue weighted by molar-refractivity contribution is 0.171. The molecule has 2 aromatic rings.